The summed E-state index contributed by atoms with van der Waals surface area (Å²) < 4.78 is 5.75. The monoisotopic (exact) mass is 280 g/mol. The molecule has 0 aliphatic rings. The lowest BCUT2D eigenvalue weighted by Gasteiger charge is -2.08. The van der Waals surface area contributed by atoms with Gasteiger partial charge in [0.1, 0.15) is 5.52 Å². The van der Waals surface area contributed by atoms with E-state index < -0.39 is 0 Å². The van der Waals surface area contributed by atoms with Gasteiger partial charge in [-0.25, -0.2) is 4.98 Å². The number of rotatable bonds is 3. The first-order valence-electron chi connectivity index (χ1n) is 6.94. The summed E-state index contributed by atoms with van der Waals surface area (Å²) in [4.78, 5) is 15.9. The SMILES string of the molecule is CCC(=O)Nc1ccc(-c2nc3ccccc3o2)cc1C. The van der Waals surface area contributed by atoms with E-state index in [4.69, 9.17) is 4.42 Å². The molecule has 1 amide bonds. The number of anilines is 1. The van der Waals surface area contributed by atoms with Crippen molar-refractivity contribution >= 4 is 22.7 Å². The number of hydrogen-bond donors (Lipinski definition) is 1. The van der Waals surface area contributed by atoms with Crippen molar-refractivity contribution in [3.05, 3.63) is 48.0 Å². The molecule has 2 aromatic carbocycles. The molecule has 3 aromatic rings. The molecule has 4 heteroatoms. The van der Waals surface area contributed by atoms with Crippen molar-refractivity contribution in [1.82, 2.24) is 4.98 Å². The van der Waals surface area contributed by atoms with Crippen LogP contribution in [0.1, 0.15) is 18.9 Å². The number of carbonyl (C=O) groups excluding carboxylic acids is 1. The minimum Gasteiger partial charge on any atom is -0.436 e. The lowest BCUT2D eigenvalue weighted by molar-refractivity contribution is -0.115. The van der Waals surface area contributed by atoms with Gasteiger partial charge in [-0.1, -0.05) is 19.1 Å². The molecular weight excluding hydrogens is 264 g/mol. The van der Waals surface area contributed by atoms with Gasteiger partial charge < -0.3 is 9.73 Å². The van der Waals surface area contributed by atoms with Crippen LogP contribution in [0.15, 0.2) is 46.9 Å². The molecule has 4 nitrogen and oxygen atoms in total. The number of nitrogens with zero attached hydrogens (tertiary/aromatic N) is 1. The van der Waals surface area contributed by atoms with Gasteiger partial charge in [-0.15, -0.1) is 0 Å². The molecule has 1 aromatic heterocycles. The number of benzene rings is 2. The molecule has 0 unspecified atom stereocenters. The van der Waals surface area contributed by atoms with Gasteiger partial charge in [0, 0.05) is 17.7 Å². The summed E-state index contributed by atoms with van der Waals surface area (Å²) in [7, 11) is 0. The normalized spacial score (nSPS) is 10.8. The predicted octanol–water partition coefficient (Wildman–Crippen LogP) is 4.15. The lowest BCUT2D eigenvalue weighted by atomic mass is 10.1. The minimum absolute atomic E-state index is 0.00714. The number of aryl methyl sites for hydroxylation is 1. The van der Waals surface area contributed by atoms with Crippen molar-refractivity contribution in [2.45, 2.75) is 20.3 Å². The number of hydrogen-bond acceptors (Lipinski definition) is 3. The molecule has 3 rings (SSSR count). The summed E-state index contributed by atoms with van der Waals surface area (Å²) in [6.45, 7) is 3.79. The smallest absolute Gasteiger partial charge is 0.227 e. The fourth-order valence-electron chi connectivity index (χ4n) is 2.17. The first-order chi connectivity index (χ1) is 10.2. The second-order valence-electron chi connectivity index (χ2n) is 4.92. The molecule has 1 N–H and O–H groups in total. The molecule has 0 saturated carbocycles. The van der Waals surface area contributed by atoms with Crippen molar-refractivity contribution in [2.24, 2.45) is 0 Å². The second-order valence-corrected chi connectivity index (χ2v) is 4.92. The highest BCUT2D eigenvalue weighted by Crippen LogP contribution is 2.27. The standard InChI is InChI=1S/C17H16N2O2/c1-3-16(20)18-13-9-8-12(10-11(13)2)17-19-14-6-4-5-7-15(14)21-17/h4-10H,3H2,1-2H3,(H,18,20). The molecule has 1 heterocycles. The van der Waals surface area contributed by atoms with Gasteiger partial charge in [0.2, 0.25) is 11.8 Å². The van der Waals surface area contributed by atoms with Gasteiger partial charge in [-0.2, -0.15) is 0 Å². The summed E-state index contributed by atoms with van der Waals surface area (Å²) in [6.07, 6.45) is 0.465. The van der Waals surface area contributed by atoms with Gasteiger partial charge in [-0.3, -0.25) is 4.79 Å². The third-order valence-corrected chi connectivity index (χ3v) is 3.36. The van der Waals surface area contributed by atoms with E-state index in [1.165, 1.54) is 0 Å². The maximum atomic E-state index is 11.5. The Morgan fingerprint density at radius 3 is 2.76 bits per heavy atom. The molecule has 0 atom stereocenters. The Kier molecular flexibility index (Phi) is 3.44. The zero-order chi connectivity index (χ0) is 14.8. The average Bonchev–Trinajstić information content (AvgIpc) is 2.93. The zero-order valence-corrected chi connectivity index (χ0v) is 12.0. The summed E-state index contributed by atoms with van der Waals surface area (Å²) in [5.41, 5.74) is 4.32. The molecule has 0 aliphatic heterocycles. The molecule has 0 bridgehead atoms. The molecule has 0 radical (unpaired) electrons. The van der Waals surface area contributed by atoms with E-state index in [1.54, 1.807) is 0 Å². The van der Waals surface area contributed by atoms with Crippen LogP contribution in [0.3, 0.4) is 0 Å². The number of carbonyl (C=O) groups is 1. The van der Waals surface area contributed by atoms with Crippen LogP contribution in [0.4, 0.5) is 5.69 Å². The van der Waals surface area contributed by atoms with Gasteiger partial charge >= 0.3 is 0 Å². The number of fused-ring (bicyclic) bond motifs is 1. The summed E-state index contributed by atoms with van der Waals surface area (Å²) in [5, 5.41) is 2.88. The van der Waals surface area contributed by atoms with E-state index in [1.807, 2.05) is 56.3 Å². The third-order valence-electron chi connectivity index (χ3n) is 3.36. The Morgan fingerprint density at radius 1 is 1.24 bits per heavy atom. The van der Waals surface area contributed by atoms with Crippen LogP contribution < -0.4 is 5.32 Å². The quantitative estimate of drug-likeness (QED) is 0.784. The van der Waals surface area contributed by atoms with Crippen LogP contribution in [-0.4, -0.2) is 10.9 Å². The Hall–Kier alpha value is -2.62. The summed E-state index contributed by atoms with van der Waals surface area (Å²) in [5.74, 6) is 0.598. The van der Waals surface area contributed by atoms with Gasteiger partial charge in [-0.05, 0) is 42.8 Å². The molecule has 0 fully saturated rings. The number of para-hydroxylation sites is 2. The first kappa shape index (κ1) is 13.4. The highest BCUT2D eigenvalue weighted by Gasteiger charge is 2.10. The van der Waals surface area contributed by atoms with Crippen LogP contribution in [0, 0.1) is 6.92 Å². The van der Waals surface area contributed by atoms with E-state index in [2.05, 4.69) is 10.3 Å². The number of aromatic nitrogens is 1. The van der Waals surface area contributed by atoms with Crippen molar-refractivity contribution in [3.8, 4) is 11.5 Å². The largest absolute Gasteiger partial charge is 0.436 e. The molecular formula is C17H16N2O2. The van der Waals surface area contributed by atoms with Crippen LogP contribution >= 0.6 is 0 Å². The fourth-order valence-corrected chi connectivity index (χ4v) is 2.17. The third kappa shape index (κ3) is 2.65. The van der Waals surface area contributed by atoms with Crippen molar-refractivity contribution in [2.75, 3.05) is 5.32 Å². The van der Waals surface area contributed by atoms with E-state index in [-0.39, 0.29) is 5.91 Å². The lowest BCUT2D eigenvalue weighted by Crippen LogP contribution is -2.10. The number of oxazole rings is 1. The number of amides is 1. The molecule has 0 aliphatic carbocycles. The number of nitrogens with one attached hydrogen (secondary N) is 1. The highest BCUT2D eigenvalue weighted by atomic mass is 16.3. The maximum absolute atomic E-state index is 11.5. The van der Waals surface area contributed by atoms with E-state index in [9.17, 15) is 4.79 Å². The summed E-state index contributed by atoms with van der Waals surface area (Å²) in [6, 6.07) is 13.4. The van der Waals surface area contributed by atoms with Gasteiger partial charge in [0.05, 0.1) is 0 Å². The van der Waals surface area contributed by atoms with Crippen LogP contribution in [0.5, 0.6) is 0 Å². The molecule has 21 heavy (non-hydrogen) atoms. The Bertz CT molecular complexity index is 772. The topological polar surface area (TPSA) is 55.1 Å². The minimum atomic E-state index is 0.00714. The average molecular weight is 280 g/mol. The second kappa shape index (κ2) is 5.40. The first-order valence-corrected chi connectivity index (χ1v) is 6.94. The molecule has 0 saturated heterocycles. The summed E-state index contributed by atoms with van der Waals surface area (Å²) >= 11 is 0. The van der Waals surface area contributed by atoms with Crippen molar-refractivity contribution in [3.63, 3.8) is 0 Å². The van der Waals surface area contributed by atoms with Crippen molar-refractivity contribution < 1.29 is 9.21 Å². The Balaban J connectivity index is 1.96. The molecule has 0 spiro atoms. The zero-order valence-electron chi connectivity index (χ0n) is 12.0. The van der Waals surface area contributed by atoms with Crippen molar-refractivity contribution in [1.29, 1.82) is 0 Å². The highest BCUT2D eigenvalue weighted by molar-refractivity contribution is 5.91. The van der Waals surface area contributed by atoms with E-state index in [0.717, 1.165) is 27.9 Å². The van der Waals surface area contributed by atoms with Crippen LogP contribution in [0.25, 0.3) is 22.6 Å². The fraction of sp³-hybridized carbons (Fsp3) is 0.176. The Labute approximate surface area is 122 Å². The Morgan fingerprint density at radius 2 is 2.05 bits per heavy atom. The van der Waals surface area contributed by atoms with E-state index >= 15 is 0 Å². The van der Waals surface area contributed by atoms with Crippen LogP contribution in [0.2, 0.25) is 0 Å². The predicted molar refractivity (Wildman–Crippen MR) is 83.1 cm³/mol. The van der Waals surface area contributed by atoms with Gasteiger partial charge in [0.25, 0.3) is 0 Å². The maximum Gasteiger partial charge on any atom is 0.227 e. The van der Waals surface area contributed by atoms with Crippen LogP contribution in [-0.2, 0) is 4.79 Å². The van der Waals surface area contributed by atoms with Gasteiger partial charge in [0.15, 0.2) is 5.58 Å². The molecule has 106 valence electrons. The van der Waals surface area contributed by atoms with E-state index in [0.29, 0.717) is 12.3 Å².